The van der Waals surface area contributed by atoms with Crippen molar-refractivity contribution in [3.8, 4) is 0 Å². The van der Waals surface area contributed by atoms with E-state index in [4.69, 9.17) is 16.7 Å². The van der Waals surface area contributed by atoms with Crippen LogP contribution in [0.2, 0.25) is 0 Å². The van der Waals surface area contributed by atoms with Crippen LogP contribution in [0.15, 0.2) is 0 Å². The molecule has 0 unspecified atom stereocenters. The normalized spacial score (nSPS) is 17.0. The molecule has 0 aromatic rings. The molecule has 1 amide bonds. The van der Waals surface area contributed by atoms with Gasteiger partial charge in [0.2, 0.25) is 5.91 Å². The summed E-state index contributed by atoms with van der Waals surface area (Å²) in [6.45, 7) is 4.55. The second-order valence-electron chi connectivity index (χ2n) is 5.18. The molecular formula is C12H22ClNO2. The van der Waals surface area contributed by atoms with Crippen LogP contribution >= 0.6 is 11.6 Å². The van der Waals surface area contributed by atoms with Crippen LogP contribution in [0.4, 0.5) is 0 Å². The smallest absolute Gasteiger partial charge is 0.229 e. The molecular weight excluding hydrogens is 226 g/mol. The Kier molecular flexibility index (Phi) is 5.06. The zero-order valence-corrected chi connectivity index (χ0v) is 11.0. The molecule has 94 valence electrons. The first kappa shape index (κ1) is 13.8. The third-order valence-electron chi connectivity index (χ3n) is 3.25. The van der Waals surface area contributed by atoms with Crippen molar-refractivity contribution in [1.82, 2.24) is 4.90 Å². The Morgan fingerprint density at radius 1 is 1.50 bits per heavy atom. The largest absolute Gasteiger partial charge is 0.396 e. The first-order chi connectivity index (χ1) is 7.53. The minimum absolute atomic E-state index is 0.126. The molecule has 1 rings (SSSR count). The van der Waals surface area contributed by atoms with Crippen LogP contribution in [0.5, 0.6) is 0 Å². The molecule has 4 heteroatoms. The third kappa shape index (κ3) is 3.11. The minimum Gasteiger partial charge on any atom is -0.396 e. The van der Waals surface area contributed by atoms with Crippen LogP contribution in [-0.4, -0.2) is 41.0 Å². The third-order valence-corrected chi connectivity index (χ3v) is 3.91. The van der Waals surface area contributed by atoms with Crippen molar-refractivity contribution in [3.05, 3.63) is 0 Å². The van der Waals surface area contributed by atoms with Gasteiger partial charge < -0.3 is 10.0 Å². The first-order valence-electron chi connectivity index (χ1n) is 6.01. The highest BCUT2D eigenvalue weighted by Crippen LogP contribution is 2.30. The van der Waals surface area contributed by atoms with Gasteiger partial charge in [0.15, 0.2) is 0 Å². The van der Waals surface area contributed by atoms with Crippen LogP contribution in [0.25, 0.3) is 0 Å². The number of aliphatic hydroxyl groups is 1. The number of carbonyl (C=O) groups excluding carboxylic acids is 1. The molecule has 0 bridgehead atoms. The number of alkyl halides is 1. The summed E-state index contributed by atoms with van der Waals surface area (Å²) in [4.78, 5) is 14.2. The average molecular weight is 248 g/mol. The predicted molar refractivity (Wildman–Crippen MR) is 65.6 cm³/mol. The molecule has 3 nitrogen and oxygen atoms in total. The first-order valence-corrected chi connectivity index (χ1v) is 6.54. The van der Waals surface area contributed by atoms with Gasteiger partial charge in [-0.05, 0) is 39.5 Å². The van der Waals surface area contributed by atoms with E-state index in [1.165, 1.54) is 6.42 Å². The monoisotopic (exact) mass is 247 g/mol. The molecule has 0 aromatic carbocycles. The van der Waals surface area contributed by atoms with Crippen molar-refractivity contribution < 1.29 is 9.90 Å². The Morgan fingerprint density at radius 3 is 2.50 bits per heavy atom. The van der Waals surface area contributed by atoms with Gasteiger partial charge >= 0.3 is 0 Å². The second kappa shape index (κ2) is 5.87. The number of hydrogen-bond donors (Lipinski definition) is 1. The van der Waals surface area contributed by atoms with Crippen LogP contribution < -0.4 is 0 Å². The molecule has 1 aliphatic rings. The van der Waals surface area contributed by atoms with Gasteiger partial charge in [-0.3, -0.25) is 4.79 Å². The van der Waals surface area contributed by atoms with E-state index in [9.17, 15) is 4.79 Å². The van der Waals surface area contributed by atoms with Gasteiger partial charge in [-0.2, -0.15) is 0 Å². The van der Waals surface area contributed by atoms with Gasteiger partial charge in [-0.1, -0.05) is 0 Å². The average Bonchev–Trinajstić information content (AvgIpc) is 2.20. The van der Waals surface area contributed by atoms with E-state index in [-0.39, 0.29) is 12.5 Å². The maximum Gasteiger partial charge on any atom is 0.229 e. The van der Waals surface area contributed by atoms with Crippen LogP contribution in [-0.2, 0) is 4.79 Å². The van der Waals surface area contributed by atoms with Crippen molar-refractivity contribution in [2.75, 3.05) is 19.0 Å². The fraction of sp³-hybridized carbons (Fsp3) is 0.917. The van der Waals surface area contributed by atoms with E-state index >= 15 is 0 Å². The molecule has 1 N–H and O–H groups in total. The fourth-order valence-electron chi connectivity index (χ4n) is 1.84. The maximum absolute atomic E-state index is 12.3. The van der Waals surface area contributed by atoms with Crippen LogP contribution in [0, 0.1) is 5.41 Å². The number of aliphatic hydroxyl groups excluding tert-OH is 1. The summed E-state index contributed by atoms with van der Waals surface area (Å²) < 4.78 is 0. The number of rotatable bonds is 6. The highest BCUT2D eigenvalue weighted by atomic mass is 35.5. The number of carbonyl (C=O) groups is 1. The summed E-state index contributed by atoms with van der Waals surface area (Å²) >= 11 is 5.84. The van der Waals surface area contributed by atoms with Crippen LogP contribution in [0.1, 0.15) is 39.5 Å². The number of nitrogens with zero attached hydrogens (tertiary/aromatic N) is 1. The molecule has 16 heavy (non-hydrogen) atoms. The van der Waals surface area contributed by atoms with Crippen LogP contribution in [0.3, 0.4) is 0 Å². The highest BCUT2D eigenvalue weighted by molar-refractivity contribution is 6.19. The summed E-state index contributed by atoms with van der Waals surface area (Å²) in [7, 11) is 0. The van der Waals surface area contributed by atoms with E-state index in [1.54, 1.807) is 0 Å². The van der Waals surface area contributed by atoms with E-state index in [1.807, 2.05) is 18.7 Å². The van der Waals surface area contributed by atoms with Crippen molar-refractivity contribution in [2.45, 2.75) is 45.6 Å². The lowest BCUT2D eigenvalue weighted by atomic mass is 9.87. The van der Waals surface area contributed by atoms with E-state index in [2.05, 4.69) is 0 Å². The Labute approximate surface area is 103 Å². The lowest BCUT2D eigenvalue weighted by molar-refractivity contribution is -0.143. The Morgan fingerprint density at radius 2 is 2.12 bits per heavy atom. The molecule has 0 aliphatic heterocycles. The summed E-state index contributed by atoms with van der Waals surface area (Å²) in [5.41, 5.74) is -0.493. The highest BCUT2D eigenvalue weighted by Gasteiger charge is 2.36. The van der Waals surface area contributed by atoms with Gasteiger partial charge in [-0.25, -0.2) is 0 Å². The molecule has 0 aromatic heterocycles. The van der Waals surface area contributed by atoms with Gasteiger partial charge in [-0.15, -0.1) is 11.6 Å². The molecule has 0 spiro atoms. The van der Waals surface area contributed by atoms with Crippen molar-refractivity contribution in [1.29, 1.82) is 0 Å². The zero-order chi connectivity index (χ0) is 12.2. The van der Waals surface area contributed by atoms with Gasteiger partial charge in [0.05, 0.1) is 5.41 Å². The summed E-state index contributed by atoms with van der Waals surface area (Å²) in [6.07, 6.45) is 4.04. The van der Waals surface area contributed by atoms with Gasteiger partial charge in [0, 0.05) is 25.1 Å². The summed E-state index contributed by atoms with van der Waals surface area (Å²) in [6, 6.07) is 0.376. The lowest BCUT2D eigenvalue weighted by Crippen LogP contribution is -2.50. The van der Waals surface area contributed by atoms with E-state index in [0.29, 0.717) is 24.9 Å². The second-order valence-corrected chi connectivity index (χ2v) is 5.45. The molecule has 1 aliphatic carbocycles. The van der Waals surface area contributed by atoms with E-state index < -0.39 is 5.41 Å². The number of hydrogen-bond acceptors (Lipinski definition) is 2. The van der Waals surface area contributed by atoms with Crippen molar-refractivity contribution in [3.63, 3.8) is 0 Å². The minimum atomic E-state index is -0.493. The Hall–Kier alpha value is -0.280. The molecule has 0 saturated heterocycles. The quantitative estimate of drug-likeness (QED) is 0.730. The summed E-state index contributed by atoms with van der Waals surface area (Å²) in [5, 5.41) is 8.87. The van der Waals surface area contributed by atoms with Crippen molar-refractivity contribution in [2.24, 2.45) is 5.41 Å². The van der Waals surface area contributed by atoms with E-state index in [0.717, 1.165) is 12.8 Å². The SMILES string of the molecule is CC(C)(CCl)C(=O)N(CCCO)C1CCC1. The molecule has 1 saturated carbocycles. The zero-order valence-electron chi connectivity index (χ0n) is 10.2. The molecule has 1 fully saturated rings. The molecule has 0 atom stereocenters. The number of amides is 1. The van der Waals surface area contributed by atoms with Gasteiger partial charge in [0.1, 0.15) is 0 Å². The Balaban J connectivity index is 2.63. The fourth-order valence-corrected chi connectivity index (χ4v) is 1.95. The lowest BCUT2D eigenvalue weighted by Gasteiger charge is -2.41. The standard InChI is InChI=1S/C12H22ClNO2/c1-12(2,9-13)11(16)14(7-4-8-15)10-5-3-6-10/h10,15H,3-9H2,1-2H3. The molecule has 0 radical (unpaired) electrons. The van der Waals surface area contributed by atoms with Gasteiger partial charge in [0.25, 0.3) is 0 Å². The summed E-state index contributed by atoms with van der Waals surface area (Å²) in [5.74, 6) is 0.467. The molecule has 0 heterocycles. The predicted octanol–water partition coefficient (Wildman–Crippen LogP) is 2.01. The van der Waals surface area contributed by atoms with Crippen molar-refractivity contribution >= 4 is 17.5 Å². The Bertz CT molecular complexity index is 239. The number of halogens is 1. The maximum atomic E-state index is 12.3. The topological polar surface area (TPSA) is 40.5 Å².